The van der Waals surface area contributed by atoms with Gasteiger partial charge >= 0.3 is 17.9 Å². The van der Waals surface area contributed by atoms with Crippen LogP contribution in [0.3, 0.4) is 0 Å². The van der Waals surface area contributed by atoms with Crippen LogP contribution in [-0.2, 0) is 28.6 Å². The Hall–Kier alpha value is -3.93. The van der Waals surface area contributed by atoms with Gasteiger partial charge in [0.2, 0.25) is 0 Å². The summed E-state index contributed by atoms with van der Waals surface area (Å²) in [6.07, 6.45) is 70.8. The highest BCUT2D eigenvalue weighted by Gasteiger charge is 2.19. The van der Waals surface area contributed by atoms with Crippen LogP contribution in [0.5, 0.6) is 0 Å². The van der Waals surface area contributed by atoms with Crippen LogP contribution in [0, 0.1) is 0 Å². The Bertz CT molecular complexity index is 1360. The maximum atomic E-state index is 12.8. The number of allylic oxidation sites excluding steroid dienone is 18. The third-order valence-corrected chi connectivity index (χ3v) is 10.7. The van der Waals surface area contributed by atoms with Crippen LogP contribution in [0.4, 0.5) is 0 Å². The lowest BCUT2D eigenvalue weighted by atomic mass is 10.1. The van der Waals surface area contributed by atoms with Gasteiger partial charge in [-0.1, -0.05) is 194 Å². The molecule has 0 aliphatic carbocycles. The number of unbranched alkanes of at least 4 members (excludes halogenated alkanes) is 17. The molecule has 0 saturated carbocycles. The van der Waals surface area contributed by atoms with Gasteiger partial charge in [-0.05, 0) is 122 Å². The summed E-state index contributed by atoms with van der Waals surface area (Å²) < 4.78 is 16.7. The van der Waals surface area contributed by atoms with Crippen LogP contribution in [0.15, 0.2) is 109 Å². The van der Waals surface area contributed by atoms with E-state index < -0.39 is 6.10 Å². The van der Waals surface area contributed by atoms with Crippen molar-refractivity contribution in [3.63, 3.8) is 0 Å². The van der Waals surface area contributed by atoms with Gasteiger partial charge in [0.1, 0.15) is 13.2 Å². The van der Waals surface area contributed by atoms with E-state index >= 15 is 0 Å². The van der Waals surface area contributed by atoms with E-state index in [1.54, 1.807) is 0 Å². The van der Waals surface area contributed by atoms with E-state index in [1.807, 2.05) is 0 Å². The lowest BCUT2D eigenvalue weighted by Gasteiger charge is -2.18. The Morgan fingerprint density at radius 3 is 1.08 bits per heavy atom. The standard InChI is InChI=1S/C59H96O6/c1-4-7-10-13-16-19-22-25-28-29-32-34-37-40-43-46-49-52-58(61)64-55-56(65-59(62)53-50-47-44-41-38-35-31-27-24-21-18-15-12-9-6-3)54-63-57(60)51-48-45-42-39-36-33-30-26-23-20-17-14-11-8-5-2/h7,10,16,18-21,23,25,27-28,31-32,34,38,40-41,43,56H,4-6,8-9,11-15,17,22,24,26,29-30,33,35-37,39,42,44-55H2,1-3H3/b10-7-,19-16-,21-18-,23-20-,28-25-,31-27-,34-32-,41-38-,43-40-/t56-/m0/s1. The van der Waals surface area contributed by atoms with Gasteiger partial charge in [-0.3, -0.25) is 14.4 Å². The van der Waals surface area contributed by atoms with Crippen molar-refractivity contribution in [3.8, 4) is 0 Å². The summed E-state index contributed by atoms with van der Waals surface area (Å²) in [6.45, 7) is 6.39. The summed E-state index contributed by atoms with van der Waals surface area (Å²) in [5.74, 6) is -1.02. The second-order valence-electron chi connectivity index (χ2n) is 17.0. The Labute approximate surface area is 400 Å². The third-order valence-electron chi connectivity index (χ3n) is 10.7. The van der Waals surface area contributed by atoms with E-state index in [-0.39, 0.29) is 44.0 Å². The third kappa shape index (κ3) is 50.9. The van der Waals surface area contributed by atoms with Gasteiger partial charge in [-0.15, -0.1) is 0 Å². The van der Waals surface area contributed by atoms with Crippen LogP contribution < -0.4 is 0 Å². The van der Waals surface area contributed by atoms with Crippen molar-refractivity contribution in [1.29, 1.82) is 0 Å². The highest BCUT2D eigenvalue weighted by atomic mass is 16.6. The van der Waals surface area contributed by atoms with Crippen LogP contribution in [-0.4, -0.2) is 37.2 Å². The number of hydrogen-bond acceptors (Lipinski definition) is 6. The first-order chi connectivity index (χ1) is 32.0. The minimum Gasteiger partial charge on any atom is -0.462 e. The monoisotopic (exact) mass is 901 g/mol. The molecule has 0 aliphatic heterocycles. The minimum atomic E-state index is -0.824. The van der Waals surface area contributed by atoms with Crippen LogP contribution in [0.2, 0.25) is 0 Å². The number of rotatable bonds is 46. The molecule has 0 radical (unpaired) electrons. The molecule has 0 bridgehead atoms. The molecule has 6 nitrogen and oxygen atoms in total. The average molecular weight is 901 g/mol. The summed E-state index contributed by atoms with van der Waals surface area (Å²) >= 11 is 0. The summed E-state index contributed by atoms with van der Waals surface area (Å²) in [5, 5.41) is 0. The summed E-state index contributed by atoms with van der Waals surface area (Å²) in [7, 11) is 0. The topological polar surface area (TPSA) is 78.9 Å². The fraction of sp³-hybridized carbons (Fsp3) is 0.644. The molecule has 0 N–H and O–H groups in total. The zero-order valence-corrected chi connectivity index (χ0v) is 42.0. The summed E-state index contributed by atoms with van der Waals surface area (Å²) in [4.78, 5) is 38.0. The highest BCUT2D eigenvalue weighted by Crippen LogP contribution is 2.13. The molecule has 0 saturated heterocycles. The van der Waals surface area contributed by atoms with Gasteiger partial charge in [0.25, 0.3) is 0 Å². The lowest BCUT2D eigenvalue weighted by molar-refractivity contribution is -0.167. The van der Waals surface area contributed by atoms with Gasteiger partial charge in [-0.2, -0.15) is 0 Å². The van der Waals surface area contributed by atoms with Crippen molar-refractivity contribution in [2.45, 2.75) is 232 Å². The predicted octanol–water partition coefficient (Wildman–Crippen LogP) is 17.5. The van der Waals surface area contributed by atoms with Gasteiger partial charge in [0.05, 0.1) is 0 Å². The van der Waals surface area contributed by atoms with Crippen molar-refractivity contribution in [1.82, 2.24) is 0 Å². The molecule has 0 aliphatic rings. The van der Waals surface area contributed by atoms with Crippen molar-refractivity contribution in [2.24, 2.45) is 0 Å². The van der Waals surface area contributed by atoms with Crippen molar-refractivity contribution < 1.29 is 28.6 Å². The molecule has 6 heteroatoms. The predicted molar refractivity (Wildman–Crippen MR) is 279 cm³/mol. The van der Waals surface area contributed by atoms with Gasteiger partial charge in [-0.25, -0.2) is 0 Å². The van der Waals surface area contributed by atoms with E-state index in [4.69, 9.17) is 14.2 Å². The van der Waals surface area contributed by atoms with Crippen molar-refractivity contribution in [2.75, 3.05) is 13.2 Å². The van der Waals surface area contributed by atoms with E-state index in [9.17, 15) is 14.4 Å². The van der Waals surface area contributed by atoms with Gasteiger partial charge < -0.3 is 14.2 Å². The highest BCUT2D eigenvalue weighted by molar-refractivity contribution is 5.71. The fourth-order valence-corrected chi connectivity index (χ4v) is 6.77. The minimum absolute atomic E-state index is 0.115. The molecule has 368 valence electrons. The molecule has 0 unspecified atom stereocenters. The molecule has 0 rings (SSSR count). The maximum Gasteiger partial charge on any atom is 0.306 e. The summed E-state index contributed by atoms with van der Waals surface area (Å²) in [6, 6.07) is 0. The molecule has 0 spiro atoms. The number of carbonyl (C=O) groups is 3. The Morgan fingerprint density at radius 2 is 0.615 bits per heavy atom. The summed E-state index contributed by atoms with van der Waals surface area (Å²) in [5.41, 5.74) is 0. The zero-order valence-electron chi connectivity index (χ0n) is 42.0. The number of ether oxygens (including phenoxy) is 3. The van der Waals surface area contributed by atoms with Crippen molar-refractivity contribution in [3.05, 3.63) is 109 Å². The maximum absolute atomic E-state index is 12.8. The fourth-order valence-electron chi connectivity index (χ4n) is 6.77. The van der Waals surface area contributed by atoms with Crippen LogP contribution in [0.25, 0.3) is 0 Å². The Balaban J connectivity index is 4.56. The number of carbonyl (C=O) groups excluding carboxylic acids is 3. The molecule has 0 heterocycles. The molecule has 0 aromatic carbocycles. The molecule has 0 amide bonds. The van der Waals surface area contributed by atoms with Gasteiger partial charge in [0.15, 0.2) is 6.10 Å². The molecular weight excluding hydrogens is 805 g/mol. The molecule has 65 heavy (non-hydrogen) atoms. The van der Waals surface area contributed by atoms with E-state index in [0.717, 1.165) is 83.5 Å². The quantitative estimate of drug-likeness (QED) is 0.0262. The smallest absolute Gasteiger partial charge is 0.306 e. The molecule has 0 aromatic heterocycles. The SMILES string of the molecule is CC/C=C\C/C=C\C/C=C\C/C=C\C/C=C\CCCC(=O)OC[C@H](COC(=O)CCCCCCCCC/C=C\CCCCCC)OC(=O)CCCC/C=C\C/C=C\C/C=C\CCCCC. The van der Waals surface area contributed by atoms with E-state index in [2.05, 4.69) is 130 Å². The molecular formula is C59H96O6. The Kier molecular flexibility index (Phi) is 49.5. The Morgan fingerprint density at radius 1 is 0.323 bits per heavy atom. The largest absolute Gasteiger partial charge is 0.462 e. The average Bonchev–Trinajstić information content (AvgIpc) is 3.30. The molecule has 0 fully saturated rings. The first-order valence-corrected chi connectivity index (χ1v) is 26.4. The second-order valence-corrected chi connectivity index (χ2v) is 17.0. The first kappa shape index (κ1) is 61.1. The van der Waals surface area contributed by atoms with Crippen LogP contribution in [0.1, 0.15) is 226 Å². The zero-order chi connectivity index (χ0) is 47.2. The number of esters is 3. The van der Waals surface area contributed by atoms with E-state index in [0.29, 0.717) is 19.3 Å². The first-order valence-electron chi connectivity index (χ1n) is 26.4. The van der Waals surface area contributed by atoms with Crippen LogP contribution >= 0.6 is 0 Å². The normalized spacial score (nSPS) is 13.0. The molecule has 0 aromatic rings. The lowest BCUT2D eigenvalue weighted by Crippen LogP contribution is -2.30. The second kappa shape index (κ2) is 52.7. The van der Waals surface area contributed by atoms with Gasteiger partial charge in [0, 0.05) is 19.3 Å². The van der Waals surface area contributed by atoms with Crippen molar-refractivity contribution >= 4 is 17.9 Å². The van der Waals surface area contributed by atoms with E-state index in [1.165, 1.54) is 89.9 Å². The number of hydrogen-bond donors (Lipinski definition) is 0. The molecule has 1 atom stereocenters.